The number of hydrogen-bond acceptors (Lipinski definition) is 3. The molecule has 0 spiro atoms. The number of hydrogen-bond donors (Lipinski definition) is 0. The zero-order valence-electron chi connectivity index (χ0n) is 7.77. The largest absolute Gasteiger partial charge is 0.314 e. The molecule has 0 amide bonds. The zero-order valence-corrected chi connectivity index (χ0v) is 10.2. The van der Waals surface area contributed by atoms with Gasteiger partial charge in [0.25, 0.3) is 5.84 Å². The van der Waals surface area contributed by atoms with E-state index in [2.05, 4.69) is 0 Å². The fourth-order valence-corrected chi connectivity index (χ4v) is 1.80. The number of rotatable bonds is 6. The van der Waals surface area contributed by atoms with Gasteiger partial charge in [0, 0.05) is 0 Å². The molecule has 0 fully saturated rings. The SMILES string of the molecule is CC=CCOP(=S)(Cl)OCC=CC. The van der Waals surface area contributed by atoms with E-state index in [9.17, 15) is 0 Å². The summed E-state index contributed by atoms with van der Waals surface area (Å²) in [5.74, 6) is -2.55. The minimum Gasteiger partial charge on any atom is -0.314 e. The highest BCUT2D eigenvalue weighted by atomic mass is 35.7. The molecule has 0 unspecified atom stereocenters. The molecule has 0 aromatic heterocycles. The Balaban J connectivity index is 3.73. The van der Waals surface area contributed by atoms with Gasteiger partial charge in [0.05, 0.1) is 13.2 Å². The third-order valence-corrected chi connectivity index (χ3v) is 3.25. The molecule has 0 aliphatic rings. The van der Waals surface area contributed by atoms with Gasteiger partial charge in [0.2, 0.25) is 0 Å². The van der Waals surface area contributed by atoms with Crippen LogP contribution < -0.4 is 0 Å². The van der Waals surface area contributed by atoms with Crippen molar-refractivity contribution in [1.29, 1.82) is 0 Å². The molecule has 0 N–H and O–H groups in total. The fraction of sp³-hybridized carbons (Fsp3) is 0.500. The molecular weight excluding hydrogens is 227 g/mol. The molecule has 0 saturated carbocycles. The van der Waals surface area contributed by atoms with Gasteiger partial charge in [0.15, 0.2) is 0 Å². The monoisotopic (exact) mass is 240 g/mol. The van der Waals surface area contributed by atoms with Crippen LogP contribution >= 0.6 is 17.1 Å². The topological polar surface area (TPSA) is 18.5 Å². The first-order valence-electron chi connectivity index (χ1n) is 3.93. The molecule has 76 valence electrons. The molecule has 0 saturated heterocycles. The van der Waals surface area contributed by atoms with E-state index in [-0.39, 0.29) is 0 Å². The number of halogens is 1. The summed E-state index contributed by atoms with van der Waals surface area (Å²) >= 11 is 10.8. The summed E-state index contributed by atoms with van der Waals surface area (Å²) in [4.78, 5) is 0. The Morgan fingerprint density at radius 3 is 1.85 bits per heavy atom. The van der Waals surface area contributed by atoms with Crippen molar-refractivity contribution in [2.45, 2.75) is 13.8 Å². The average molecular weight is 241 g/mol. The minimum atomic E-state index is -2.55. The van der Waals surface area contributed by atoms with Crippen molar-refractivity contribution >= 4 is 28.9 Å². The molecule has 0 bridgehead atoms. The van der Waals surface area contributed by atoms with Crippen LogP contribution in [0.2, 0.25) is 0 Å². The second-order valence-electron chi connectivity index (χ2n) is 2.16. The molecule has 5 heteroatoms. The highest BCUT2D eigenvalue weighted by molar-refractivity contribution is 8.22. The maximum Gasteiger partial charge on any atom is 0.282 e. The smallest absolute Gasteiger partial charge is 0.282 e. The van der Waals surface area contributed by atoms with Crippen LogP contribution in [0.15, 0.2) is 24.3 Å². The lowest BCUT2D eigenvalue weighted by atomic mass is 10.6. The molecular formula is C8H14ClO2PS. The summed E-state index contributed by atoms with van der Waals surface area (Å²) in [6, 6.07) is 0. The Labute approximate surface area is 89.5 Å². The van der Waals surface area contributed by atoms with Crippen LogP contribution in [0.25, 0.3) is 0 Å². The Hall–Kier alpha value is 0.340. The van der Waals surface area contributed by atoms with Gasteiger partial charge in [-0.2, -0.15) is 0 Å². The summed E-state index contributed by atoms with van der Waals surface area (Å²) in [6.07, 6.45) is 7.42. The zero-order chi connectivity index (χ0) is 10.2. The van der Waals surface area contributed by atoms with Gasteiger partial charge in [-0.25, -0.2) is 0 Å². The summed E-state index contributed by atoms with van der Waals surface area (Å²) in [5, 5.41) is 0. The van der Waals surface area contributed by atoms with Crippen molar-refractivity contribution in [3.63, 3.8) is 0 Å². The molecule has 0 aromatic rings. The van der Waals surface area contributed by atoms with Crippen LogP contribution in [-0.2, 0) is 20.9 Å². The Bertz CT molecular complexity index is 208. The molecule has 0 radical (unpaired) electrons. The van der Waals surface area contributed by atoms with Gasteiger partial charge in [0.1, 0.15) is 0 Å². The van der Waals surface area contributed by atoms with E-state index in [1.807, 2.05) is 38.2 Å². The lowest BCUT2D eigenvalue weighted by Crippen LogP contribution is -1.90. The second kappa shape index (κ2) is 7.72. The first-order valence-corrected chi connectivity index (χ1v) is 7.48. The highest BCUT2D eigenvalue weighted by Crippen LogP contribution is 2.53. The predicted molar refractivity (Wildman–Crippen MR) is 61.7 cm³/mol. The van der Waals surface area contributed by atoms with E-state index in [0.717, 1.165) is 0 Å². The fourth-order valence-electron chi connectivity index (χ4n) is 0.494. The molecule has 2 nitrogen and oxygen atoms in total. The lowest BCUT2D eigenvalue weighted by molar-refractivity contribution is 0.301. The summed E-state index contributed by atoms with van der Waals surface area (Å²) < 4.78 is 10.3. The molecule has 13 heavy (non-hydrogen) atoms. The minimum absolute atomic E-state index is 0.410. The molecule has 0 aromatic carbocycles. The highest BCUT2D eigenvalue weighted by Gasteiger charge is 2.12. The van der Waals surface area contributed by atoms with Gasteiger partial charge in [-0.3, -0.25) is 0 Å². The third kappa shape index (κ3) is 8.66. The van der Waals surface area contributed by atoms with E-state index in [1.165, 1.54) is 0 Å². The Kier molecular flexibility index (Phi) is 7.92. The third-order valence-electron chi connectivity index (χ3n) is 1.12. The predicted octanol–water partition coefficient (Wildman–Crippen LogP) is 3.64. The van der Waals surface area contributed by atoms with Crippen LogP contribution in [0.5, 0.6) is 0 Å². The van der Waals surface area contributed by atoms with Gasteiger partial charge in [-0.15, -0.1) is 0 Å². The first kappa shape index (κ1) is 13.3. The average Bonchev–Trinajstić information content (AvgIpc) is 2.05. The summed E-state index contributed by atoms with van der Waals surface area (Å²) in [7, 11) is 0. The van der Waals surface area contributed by atoms with Crippen LogP contribution in [0.3, 0.4) is 0 Å². The van der Waals surface area contributed by atoms with Crippen molar-refractivity contribution in [1.82, 2.24) is 0 Å². The van der Waals surface area contributed by atoms with Crippen molar-refractivity contribution in [2.75, 3.05) is 13.2 Å². The van der Waals surface area contributed by atoms with Crippen LogP contribution in [-0.4, -0.2) is 13.2 Å². The molecule has 0 rings (SSSR count). The molecule has 0 heterocycles. The maximum absolute atomic E-state index is 5.82. The lowest BCUT2D eigenvalue weighted by Gasteiger charge is -2.12. The van der Waals surface area contributed by atoms with Crippen molar-refractivity contribution in [3.05, 3.63) is 24.3 Å². The van der Waals surface area contributed by atoms with Crippen molar-refractivity contribution in [2.24, 2.45) is 0 Å². The van der Waals surface area contributed by atoms with E-state index >= 15 is 0 Å². The van der Waals surface area contributed by atoms with E-state index in [1.54, 1.807) is 0 Å². The van der Waals surface area contributed by atoms with E-state index in [0.29, 0.717) is 13.2 Å². The first-order chi connectivity index (χ1) is 6.12. The summed E-state index contributed by atoms with van der Waals surface area (Å²) in [6.45, 7) is 4.63. The molecule has 0 aliphatic heterocycles. The Morgan fingerprint density at radius 2 is 1.54 bits per heavy atom. The van der Waals surface area contributed by atoms with Gasteiger partial charge < -0.3 is 9.05 Å². The van der Waals surface area contributed by atoms with Gasteiger partial charge >= 0.3 is 0 Å². The van der Waals surface area contributed by atoms with Gasteiger partial charge in [-0.05, 0) is 36.9 Å². The van der Waals surface area contributed by atoms with E-state index in [4.69, 9.17) is 32.1 Å². The second-order valence-corrected chi connectivity index (χ2v) is 6.92. The molecule has 0 aliphatic carbocycles. The summed E-state index contributed by atoms with van der Waals surface area (Å²) in [5.41, 5.74) is 0. The molecule has 0 atom stereocenters. The standard InChI is InChI=1S/C8H14ClO2PS/c1-3-5-7-10-12(9,13)11-8-6-4-2/h3-6H,7-8H2,1-2H3. The Morgan fingerprint density at radius 1 is 1.15 bits per heavy atom. The van der Waals surface area contributed by atoms with Crippen molar-refractivity contribution in [3.8, 4) is 0 Å². The van der Waals surface area contributed by atoms with Crippen LogP contribution in [0, 0.1) is 0 Å². The normalized spacial score (nSPS) is 16.8. The quantitative estimate of drug-likeness (QED) is 0.522. The van der Waals surface area contributed by atoms with Crippen LogP contribution in [0.4, 0.5) is 0 Å². The van der Waals surface area contributed by atoms with Crippen LogP contribution in [0.1, 0.15) is 13.8 Å². The number of allylic oxidation sites excluding steroid dienone is 2. The maximum atomic E-state index is 5.82. The van der Waals surface area contributed by atoms with Crippen molar-refractivity contribution < 1.29 is 9.05 Å². The van der Waals surface area contributed by atoms with E-state index < -0.39 is 5.84 Å². The van der Waals surface area contributed by atoms with Gasteiger partial charge in [-0.1, -0.05) is 24.3 Å².